The Balaban J connectivity index is 1.75. The monoisotopic (exact) mass is 248 g/mol. The van der Waals surface area contributed by atoms with Crippen LogP contribution in [0.5, 0.6) is 0 Å². The lowest BCUT2D eigenvalue weighted by molar-refractivity contribution is -0.124. The number of nitrogen functional groups attached to an aromatic ring is 1. The first-order valence-electron chi connectivity index (χ1n) is 5.94. The first-order chi connectivity index (χ1) is 8.65. The van der Waals surface area contributed by atoms with Crippen molar-refractivity contribution in [3.63, 3.8) is 0 Å². The number of esters is 1. The standard InChI is InChI=1S/C13H16N2O3/c14-11-3-1-2-10(6-11)13(17)18-8-12(16)15-7-9-4-5-9/h1-3,6,9H,4-5,7-8,14H2,(H,15,16). The first-order valence-corrected chi connectivity index (χ1v) is 5.94. The summed E-state index contributed by atoms with van der Waals surface area (Å²) in [5, 5.41) is 2.72. The van der Waals surface area contributed by atoms with E-state index >= 15 is 0 Å². The Morgan fingerprint density at radius 2 is 2.17 bits per heavy atom. The van der Waals surface area contributed by atoms with Gasteiger partial charge in [-0.25, -0.2) is 4.79 Å². The highest BCUT2D eigenvalue weighted by Crippen LogP contribution is 2.27. The number of rotatable bonds is 5. The maximum Gasteiger partial charge on any atom is 0.338 e. The van der Waals surface area contributed by atoms with Crippen molar-refractivity contribution in [2.45, 2.75) is 12.8 Å². The maximum absolute atomic E-state index is 11.6. The number of amides is 1. The molecule has 0 heterocycles. The molecule has 18 heavy (non-hydrogen) atoms. The third kappa shape index (κ3) is 3.76. The molecule has 2 rings (SSSR count). The fourth-order valence-electron chi connectivity index (χ4n) is 1.51. The molecule has 0 saturated heterocycles. The van der Waals surface area contributed by atoms with E-state index in [-0.39, 0.29) is 12.5 Å². The summed E-state index contributed by atoms with van der Waals surface area (Å²) in [6.07, 6.45) is 2.34. The van der Waals surface area contributed by atoms with Crippen LogP contribution in [-0.2, 0) is 9.53 Å². The fourth-order valence-corrected chi connectivity index (χ4v) is 1.51. The van der Waals surface area contributed by atoms with E-state index in [1.54, 1.807) is 18.2 Å². The molecule has 0 radical (unpaired) electrons. The van der Waals surface area contributed by atoms with E-state index in [2.05, 4.69) is 5.32 Å². The van der Waals surface area contributed by atoms with Gasteiger partial charge in [0.2, 0.25) is 0 Å². The minimum absolute atomic E-state index is 0.250. The minimum Gasteiger partial charge on any atom is -0.452 e. The topological polar surface area (TPSA) is 81.4 Å². The minimum atomic E-state index is -0.538. The number of nitrogens with two attached hydrogens (primary N) is 1. The Labute approximate surface area is 105 Å². The number of ether oxygens (including phenoxy) is 1. The van der Waals surface area contributed by atoms with Gasteiger partial charge in [-0.3, -0.25) is 4.79 Å². The van der Waals surface area contributed by atoms with E-state index in [1.807, 2.05) is 0 Å². The van der Waals surface area contributed by atoms with Crippen molar-refractivity contribution in [2.75, 3.05) is 18.9 Å². The van der Waals surface area contributed by atoms with Crippen LogP contribution >= 0.6 is 0 Å². The van der Waals surface area contributed by atoms with Crippen molar-refractivity contribution >= 4 is 17.6 Å². The van der Waals surface area contributed by atoms with E-state index in [0.717, 1.165) is 0 Å². The van der Waals surface area contributed by atoms with E-state index < -0.39 is 5.97 Å². The zero-order chi connectivity index (χ0) is 13.0. The van der Waals surface area contributed by atoms with Crippen LogP contribution in [0.25, 0.3) is 0 Å². The molecule has 0 bridgehead atoms. The van der Waals surface area contributed by atoms with Gasteiger partial charge < -0.3 is 15.8 Å². The third-order valence-corrected chi connectivity index (χ3v) is 2.74. The lowest BCUT2D eigenvalue weighted by Gasteiger charge is -2.06. The van der Waals surface area contributed by atoms with Crippen LogP contribution in [0.15, 0.2) is 24.3 Å². The van der Waals surface area contributed by atoms with Crippen LogP contribution in [0.3, 0.4) is 0 Å². The molecule has 1 amide bonds. The quantitative estimate of drug-likeness (QED) is 0.600. The van der Waals surface area contributed by atoms with Crippen LogP contribution in [0.2, 0.25) is 0 Å². The maximum atomic E-state index is 11.6. The molecule has 1 aliphatic rings. The summed E-state index contributed by atoms with van der Waals surface area (Å²) in [4.78, 5) is 23.0. The molecule has 0 aromatic heterocycles. The van der Waals surface area contributed by atoms with Crippen LogP contribution in [0.4, 0.5) is 5.69 Å². The highest BCUT2D eigenvalue weighted by Gasteiger charge is 2.21. The SMILES string of the molecule is Nc1cccc(C(=O)OCC(=O)NCC2CC2)c1. The average molecular weight is 248 g/mol. The van der Waals surface area contributed by atoms with Gasteiger partial charge in [0.15, 0.2) is 6.61 Å². The van der Waals surface area contributed by atoms with Crippen LogP contribution in [0.1, 0.15) is 23.2 Å². The summed E-state index contributed by atoms with van der Waals surface area (Å²) in [5.41, 5.74) is 6.39. The number of nitrogens with one attached hydrogen (secondary N) is 1. The summed E-state index contributed by atoms with van der Waals surface area (Å²) in [6, 6.07) is 6.46. The van der Waals surface area contributed by atoms with Crippen molar-refractivity contribution in [1.29, 1.82) is 0 Å². The van der Waals surface area contributed by atoms with Crippen molar-refractivity contribution in [3.8, 4) is 0 Å². The Morgan fingerprint density at radius 3 is 2.83 bits per heavy atom. The van der Waals surface area contributed by atoms with Crippen LogP contribution < -0.4 is 11.1 Å². The molecule has 1 aromatic carbocycles. The zero-order valence-corrected chi connectivity index (χ0v) is 10.0. The highest BCUT2D eigenvalue weighted by atomic mass is 16.5. The Kier molecular flexibility index (Phi) is 3.82. The number of hydrogen-bond acceptors (Lipinski definition) is 4. The lowest BCUT2D eigenvalue weighted by atomic mass is 10.2. The summed E-state index contributed by atoms with van der Waals surface area (Å²) in [6.45, 7) is 0.426. The smallest absolute Gasteiger partial charge is 0.338 e. The van der Waals surface area contributed by atoms with E-state index in [1.165, 1.54) is 18.9 Å². The van der Waals surface area contributed by atoms with Crippen molar-refractivity contribution in [3.05, 3.63) is 29.8 Å². The number of carbonyl (C=O) groups is 2. The predicted octanol–water partition coefficient (Wildman–Crippen LogP) is 0.952. The van der Waals surface area contributed by atoms with Gasteiger partial charge in [-0.05, 0) is 37.0 Å². The van der Waals surface area contributed by atoms with Gasteiger partial charge in [0.25, 0.3) is 5.91 Å². The second kappa shape index (κ2) is 5.53. The highest BCUT2D eigenvalue weighted by molar-refractivity contribution is 5.92. The molecule has 0 spiro atoms. The summed E-state index contributed by atoms with van der Waals surface area (Å²) >= 11 is 0. The van der Waals surface area contributed by atoms with Gasteiger partial charge in [-0.15, -0.1) is 0 Å². The van der Waals surface area contributed by atoms with Crippen molar-refractivity contribution in [2.24, 2.45) is 5.92 Å². The molecule has 5 heteroatoms. The number of anilines is 1. The van der Waals surface area contributed by atoms with E-state index in [9.17, 15) is 9.59 Å². The molecule has 0 aliphatic heterocycles. The lowest BCUT2D eigenvalue weighted by Crippen LogP contribution is -2.30. The fraction of sp³-hybridized carbons (Fsp3) is 0.385. The van der Waals surface area contributed by atoms with Gasteiger partial charge in [0.05, 0.1) is 5.56 Å². The number of carbonyl (C=O) groups excluding carboxylic acids is 2. The summed E-state index contributed by atoms with van der Waals surface area (Å²) in [5.74, 6) is -0.193. The molecule has 1 aromatic rings. The van der Waals surface area contributed by atoms with Gasteiger partial charge in [-0.1, -0.05) is 6.07 Å². The van der Waals surface area contributed by atoms with Crippen molar-refractivity contribution in [1.82, 2.24) is 5.32 Å². The second-order valence-electron chi connectivity index (χ2n) is 4.45. The molecule has 0 unspecified atom stereocenters. The average Bonchev–Trinajstić information content (AvgIpc) is 3.17. The molecular formula is C13H16N2O3. The predicted molar refractivity (Wildman–Crippen MR) is 66.9 cm³/mol. The molecule has 1 aliphatic carbocycles. The second-order valence-corrected chi connectivity index (χ2v) is 4.45. The van der Waals surface area contributed by atoms with E-state index in [4.69, 9.17) is 10.5 Å². The molecular weight excluding hydrogens is 232 g/mol. The molecule has 1 fully saturated rings. The first kappa shape index (κ1) is 12.4. The van der Waals surface area contributed by atoms with Crippen LogP contribution in [-0.4, -0.2) is 25.0 Å². The zero-order valence-electron chi connectivity index (χ0n) is 10.0. The van der Waals surface area contributed by atoms with Crippen molar-refractivity contribution < 1.29 is 14.3 Å². The van der Waals surface area contributed by atoms with Crippen LogP contribution in [0, 0.1) is 5.92 Å². The Bertz CT molecular complexity index is 455. The van der Waals surface area contributed by atoms with Gasteiger partial charge in [0, 0.05) is 12.2 Å². The Morgan fingerprint density at radius 1 is 1.39 bits per heavy atom. The molecule has 3 N–H and O–H groups in total. The number of benzene rings is 1. The molecule has 0 atom stereocenters. The van der Waals surface area contributed by atoms with E-state index in [0.29, 0.717) is 23.7 Å². The third-order valence-electron chi connectivity index (χ3n) is 2.74. The number of hydrogen-bond donors (Lipinski definition) is 2. The molecule has 96 valence electrons. The van der Waals surface area contributed by atoms with Gasteiger partial charge in [-0.2, -0.15) is 0 Å². The Hall–Kier alpha value is -2.04. The van der Waals surface area contributed by atoms with Gasteiger partial charge in [0.1, 0.15) is 0 Å². The van der Waals surface area contributed by atoms with Gasteiger partial charge >= 0.3 is 5.97 Å². The summed E-state index contributed by atoms with van der Waals surface area (Å²) in [7, 11) is 0. The molecule has 1 saturated carbocycles. The summed E-state index contributed by atoms with van der Waals surface area (Å²) < 4.78 is 4.89. The normalized spacial score (nSPS) is 14.0. The molecule has 5 nitrogen and oxygen atoms in total. The largest absolute Gasteiger partial charge is 0.452 e.